The third-order valence-corrected chi connectivity index (χ3v) is 3.15. The number of carboxylic acid groups (broad SMARTS) is 1. The van der Waals surface area contributed by atoms with Gasteiger partial charge in [0.1, 0.15) is 5.78 Å². The summed E-state index contributed by atoms with van der Waals surface area (Å²) in [5.74, 6) is 4.81. The number of hydrazine groups is 1. The van der Waals surface area contributed by atoms with Crippen molar-refractivity contribution in [1.82, 2.24) is 5.01 Å². The molecule has 2 unspecified atom stereocenters. The summed E-state index contributed by atoms with van der Waals surface area (Å²) in [5, 5.41) is 19.2. The molecule has 2 atom stereocenters. The first-order valence-corrected chi connectivity index (χ1v) is 6.40. The van der Waals surface area contributed by atoms with E-state index in [2.05, 4.69) is 0 Å². The number of hydrogen-bond acceptors (Lipinski definition) is 4. The molecule has 0 fully saturated rings. The average molecular weight is 280 g/mol. The van der Waals surface area contributed by atoms with Gasteiger partial charge in [-0.15, -0.1) is 0 Å². The van der Waals surface area contributed by atoms with E-state index >= 15 is 0 Å². The third kappa shape index (κ3) is 4.99. The molecule has 0 aliphatic rings. The van der Waals surface area contributed by atoms with Crippen LogP contribution in [0.1, 0.15) is 31.2 Å². The van der Waals surface area contributed by atoms with Gasteiger partial charge in [0.15, 0.2) is 0 Å². The van der Waals surface area contributed by atoms with Gasteiger partial charge in [-0.1, -0.05) is 30.3 Å². The van der Waals surface area contributed by atoms with Gasteiger partial charge < -0.3 is 10.2 Å². The normalized spacial score (nSPS) is 13.6. The van der Waals surface area contributed by atoms with E-state index in [0.717, 1.165) is 5.56 Å². The molecule has 0 spiro atoms. The maximum atomic E-state index is 11.7. The van der Waals surface area contributed by atoms with Crippen molar-refractivity contribution < 1.29 is 19.8 Å². The Morgan fingerprint density at radius 3 is 2.40 bits per heavy atom. The van der Waals surface area contributed by atoms with Crippen molar-refractivity contribution in [2.24, 2.45) is 5.84 Å². The third-order valence-electron chi connectivity index (χ3n) is 3.15. The molecule has 20 heavy (non-hydrogen) atoms. The lowest BCUT2D eigenvalue weighted by atomic mass is 9.89. The van der Waals surface area contributed by atoms with E-state index in [4.69, 9.17) is 10.9 Å². The quantitative estimate of drug-likeness (QED) is 0.397. The number of Topliss-reactive ketones (excluding diaryl/α,β-unsaturated/α-hetero) is 1. The van der Waals surface area contributed by atoms with Gasteiger partial charge in [0.05, 0.1) is 6.10 Å². The van der Waals surface area contributed by atoms with Crippen LogP contribution in [-0.4, -0.2) is 39.7 Å². The fourth-order valence-electron chi connectivity index (χ4n) is 2.00. The van der Waals surface area contributed by atoms with Crippen LogP contribution in [0.4, 0.5) is 4.79 Å². The summed E-state index contributed by atoms with van der Waals surface area (Å²) in [6.45, 7) is 1.51. The first-order valence-electron chi connectivity index (χ1n) is 6.40. The fourth-order valence-corrected chi connectivity index (χ4v) is 2.00. The molecule has 0 saturated carbocycles. The summed E-state index contributed by atoms with van der Waals surface area (Å²) in [6.07, 6.45) is -1.58. The van der Waals surface area contributed by atoms with Crippen molar-refractivity contribution in [1.29, 1.82) is 0 Å². The maximum Gasteiger partial charge on any atom is 0.421 e. The Labute approximate surface area is 117 Å². The van der Waals surface area contributed by atoms with Gasteiger partial charge in [-0.05, 0) is 25.3 Å². The number of nitrogens with zero attached hydrogens (tertiary/aromatic N) is 1. The molecule has 0 radical (unpaired) electrons. The Balaban J connectivity index is 2.59. The molecule has 0 bridgehead atoms. The summed E-state index contributed by atoms with van der Waals surface area (Å²) in [5.41, 5.74) is 0.849. The van der Waals surface area contributed by atoms with Gasteiger partial charge in [-0.2, -0.15) is 0 Å². The smallest absolute Gasteiger partial charge is 0.421 e. The van der Waals surface area contributed by atoms with E-state index in [1.807, 2.05) is 30.3 Å². The molecule has 0 saturated heterocycles. The molecule has 6 heteroatoms. The van der Waals surface area contributed by atoms with Crippen molar-refractivity contribution in [2.45, 2.75) is 31.8 Å². The Bertz CT molecular complexity index is 450. The topological polar surface area (TPSA) is 104 Å². The predicted molar refractivity (Wildman–Crippen MR) is 74.0 cm³/mol. The van der Waals surface area contributed by atoms with Crippen molar-refractivity contribution >= 4 is 11.9 Å². The summed E-state index contributed by atoms with van der Waals surface area (Å²) < 4.78 is 0. The summed E-state index contributed by atoms with van der Waals surface area (Å²) in [7, 11) is 0. The minimum Gasteiger partial charge on any atom is -0.464 e. The highest BCUT2D eigenvalue weighted by Crippen LogP contribution is 2.23. The van der Waals surface area contributed by atoms with Crippen molar-refractivity contribution in [3.05, 3.63) is 35.9 Å². The summed E-state index contributed by atoms with van der Waals surface area (Å²) in [4.78, 5) is 22.2. The Kier molecular flexibility index (Phi) is 6.14. The van der Waals surface area contributed by atoms with Gasteiger partial charge in [0.2, 0.25) is 0 Å². The van der Waals surface area contributed by atoms with Crippen LogP contribution in [0.3, 0.4) is 0 Å². The van der Waals surface area contributed by atoms with E-state index in [0.29, 0.717) is 5.01 Å². The molecule has 4 N–H and O–H groups in total. The largest absolute Gasteiger partial charge is 0.464 e. The first kappa shape index (κ1) is 16.1. The highest BCUT2D eigenvalue weighted by molar-refractivity contribution is 5.83. The number of amides is 1. The van der Waals surface area contributed by atoms with Crippen LogP contribution in [-0.2, 0) is 4.79 Å². The number of aliphatic hydroxyl groups is 1. The molecule has 0 aromatic heterocycles. The minimum atomic E-state index is -1.25. The highest BCUT2D eigenvalue weighted by atomic mass is 16.4. The Morgan fingerprint density at radius 1 is 1.30 bits per heavy atom. The zero-order chi connectivity index (χ0) is 15.1. The first-order chi connectivity index (χ1) is 9.41. The zero-order valence-corrected chi connectivity index (χ0v) is 11.4. The highest BCUT2D eigenvalue weighted by Gasteiger charge is 2.21. The van der Waals surface area contributed by atoms with E-state index in [9.17, 15) is 14.7 Å². The van der Waals surface area contributed by atoms with Crippen LogP contribution < -0.4 is 5.84 Å². The van der Waals surface area contributed by atoms with Gasteiger partial charge in [0, 0.05) is 12.5 Å². The maximum absolute atomic E-state index is 11.7. The second-order valence-corrected chi connectivity index (χ2v) is 4.73. The molecule has 6 nitrogen and oxygen atoms in total. The second kappa shape index (κ2) is 7.62. The number of ketones is 1. The molecule has 110 valence electrons. The number of aliphatic hydroxyl groups excluding tert-OH is 1. The van der Waals surface area contributed by atoms with Crippen LogP contribution in [0.25, 0.3) is 0 Å². The number of rotatable bonds is 7. The monoisotopic (exact) mass is 280 g/mol. The number of carbonyl (C=O) groups excluding carboxylic acids is 1. The molecule has 1 aromatic carbocycles. The number of benzene rings is 1. The Hall–Kier alpha value is -1.92. The average Bonchev–Trinajstić information content (AvgIpc) is 2.42. The summed E-state index contributed by atoms with van der Waals surface area (Å²) in [6, 6.07) is 9.21. The van der Waals surface area contributed by atoms with E-state index < -0.39 is 12.2 Å². The molecule has 0 aliphatic heterocycles. The van der Waals surface area contributed by atoms with Crippen molar-refractivity contribution in [2.75, 3.05) is 6.54 Å². The lowest BCUT2D eigenvalue weighted by molar-refractivity contribution is -0.119. The van der Waals surface area contributed by atoms with Crippen LogP contribution in [0.5, 0.6) is 0 Å². The van der Waals surface area contributed by atoms with Gasteiger partial charge in [-0.3, -0.25) is 4.79 Å². The van der Waals surface area contributed by atoms with Crippen molar-refractivity contribution in [3.63, 3.8) is 0 Å². The van der Waals surface area contributed by atoms with E-state index in [-0.39, 0.29) is 31.1 Å². The zero-order valence-electron chi connectivity index (χ0n) is 11.4. The van der Waals surface area contributed by atoms with E-state index in [1.165, 1.54) is 6.92 Å². The SMILES string of the molecule is CC(=O)C(CC(O)CCN(N)C(=O)O)c1ccccc1. The number of carbonyl (C=O) groups is 2. The fraction of sp³-hybridized carbons (Fsp3) is 0.429. The molecule has 1 amide bonds. The summed E-state index contributed by atoms with van der Waals surface area (Å²) >= 11 is 0. The molecule has 0 aliphatic carbocycles. The van der Waals surface area contributed by atoms with Crippen LogP contribution in [0.2, 0.25) is 0 Å². The lowest BCUT2D eigenvalue weighted by Crippen LogP contribution is -2.38. The van der Waals surface area contributed by atoms with Crippen LogP contribution in [0.15, 0.2) is 30.3 Å². The van der Waals surface area contributed by atoms with E-state index in [1.54, 1.807) is 0 Å². The number of hydrogen-bond donors (Lipinski definition) is 3. The standard InChI is InChI=1S/C14H20N2O4/c1-10(17)13(11-5-3-2-4-6-11)9-12(18)7-8-16(15)14(19)20/h2-6,12-13,18H,7-9,15H2,1H3,(H,19,20). The van der Waals surface area contributed by atoms with Crippen molar-refractivity contribution in [3.8, 4) is 0 Å². The lowest BCUT2D eigenvalue weighted by Gasteiger charge is -2.20. The number of nitrogens with two attached hydrogens (primary N) is 1. The molecule has 1 rings (SSSR count). The molecular weight excluding hydrogens is 260 g/mol. The predicted octanol–water partition coefficient (Wildman–Crippen LogP) is 1.35. The van der Waals surface area contributed by atoms with Gasteiger partial charge >= 0.3 is 6.09 Å². The van der Waals surface area contributed by atoms with Crippen LogP contribution >= 0.6 is 0 Å². The second-order valence-electron chi connectivity index (χ2n) is 4.73. The molecule has 0 heterocycles. The Morgan fingerprint density at radius 2 is 1.90 bits per heavy atom. The van der Waals surface area contributed by atoms with Gasteiger partial charge in [-0.25, -0.2) is 15.6 Å². The minimum absolute atomic E-state index is 0.0237. The van der Waals surface area contributed by atoms with Gasteiger partial charge in [0.25, 0.3) is 0 Å². The van der Waals surface area contributed by atoms with Crippen LogP contribution in [0, 0.1) is 0 Å². The molecule has 1 aromatic rings. The molecular formula is C14H20N2O4.